The summed E-state index contributed by atoms with van der Waals surface area (Å²) >= 11 is 0. The van der Waals surface area contributed by atoms with Gasteiger partial charge in [-0.2, -0.15) is 5.26 Å². The molecule has 0 radical (unpaired) electrons. The molecule has 84 valence electrons. The Bertz CT molecular complexity index is 393. The summed E-state index contributed by atoms with van der Waals surface area (Å²) in [6, 6.07) is 9.96. The minimum atomic E-state index is -0.0925. The molecule has 1 unspecified atom stereocenters. The highest BCUT2D eigenvalue weighted by atomic mass is 16.5. The smallest absolute Gasteiger partial charge is 0.141 e. The molecule has 0 aliphatic heterocycles. The molecule has 1 fully saturated rings. The van der Waals surface area contributed by atoms with Crippen LogP contribution < -0.4 is 10.1 Å². The van der Waals surface area contributed by atoms with Crippen LogP contribution in [0.25, 0.3) is 0 Å². The van der Waals surface area contributed by atoms with Crippen LogP contribution >= 0.6 is 0 Å². The van der Waals surface area contributed by atoms with Crippen molar-refractivity contribution in [3.63, 3.8) is 0 Å². The Labute approximate surface area is 96.0 Å². The van der Waals surface area contributed by atoms with Gasteiger partial charge in [0.1, 0.15) is 11.8 Å². The molecule has 1 aliphatic carbocycles. The third-order valence-corrected chi connectivity index (χ3v) is 3.18. The van der Waals surface area contributed by atoms with E-state index < -0.39 is 0 Å². The lowest BCUT2D eigenvalue weighted by molar-refractivity contribution is 0.302. The third kappa shape index (κ3) is 2.11. The number of hydrogen-bond acceptors (Lipinski definition) is 3. The summed E-state index contributed by atoms with van der Waals surface area (Å²) in [5.41, 5.74) is 0.906. The molecule has 16 heavy (non-hydrogen) atoms. The lowest BCUT2D eigenvalue weighted by Crippen LogP contribution is -2.32. The Morgan fingerprint density at radius 3 is 2.75 bits per heavy atom. The zero-order chi connectivity index (χ0) is 11.4. The number of methoxy groups -OCH3 is 1. The average Bonchev–Trinajstić information content (AvgIpc) is 2.26. The van der Waals surface area contributed by atoms with Crippen molar-refractivity contribution < 1.29 is 4.74 Å². The summed E-state index contributed by atoms with van der Waals surface area (Å²) in [6.07, 6.45) is 3.55. The van der Waals surface area contributed by atoms with Crippen molar-refractivity contribution in [2.45, 2.75) is 25.3 Å². The predicted octanol–water partition coefficient (Wildman–Crippen LogP) is 2.80. The minimum absolute atomic E-state index is 0.0925. The molecule has 0 spiro atoms. The maximum absolute atomic E-state index is 9.13. The quantitative estimate of drug-likeness (QED) is 0.841. The first kappa shape index (κ1) is 10.8. The standard InChI is InChI=1S/C13H16N2O/c1-16-13-8-3-2-7-11(13)15-12(9-14)10-5-4-6-10/h2-3,7-8,10,12,15H,4-6H2,1H3. The van der Waals surface area contributed by atoms with Crippen LogP contribution in [0.2, 0.25) is 0 Å². The molecule has 3 nitrogen and oxygen atoms in total. The summed E-state index contributed by atoms with van der Waals surface area (Å²) in [5, 5.41) is 12.4. The van der Waals surface area contributed by atoms with Crippen LogP contribution in [0, 0.1) is 17.2 Å². The van der Waals surface area contributed by atoms with Gasteiger partial charge >= 0.3 is 0 Å². The molecule has 1 aliphatic rings. The van der Waals surface area contributed by atoms with Crippen molar-refractivity contribution in [3.8, 4) is 11.8 Å². The van der Waals surface area contributed by atoms with Gasteiger partial charge in [-0.1, -0.05) is 18.6 Å². The van der Waals surface area contributed by atoms with Crippen molar-refractivity contribution in [1.82, 2.24) is 0 Å². The molecule has 3 heteroatoms. The van der Waals surface area contributed by atoms with E-state index in [1.54, 1.807) is 7.11 Å². The lowest BCUT2D eigenvalue weighted by Gasteiger charge is -2.30. The number of nitrogens with zero attached hydrogens (tertiary/aromatic N) is 1. The normalized spacial score (nSPS) is 17.0. The summed E-state index contributed by atoms with van der Waals surface area (Å²) in [6.45, 7) is 0. The maximum atomic E-state index is 9.13. The first-order valence-electron chi connectivity index (χ1n) is 5.64. The van der Waals surface area contributed by atoms with Gasteiger partial charge < -0.3 is 10.1 Å². The minimum Gasteiger partial charge on any atom is -0.495 e. The molecule has 1 aromatic rings. The van der Waals surface area contributed by atoms with Gasteiger partial charge in [0.15, 0.2) is 0 Å². The van der Waals surface area contributed by atoms with Gasteiger partial charge in [-0.25, -0.2) is 0 Å². The second-order valence-corrected chi connectivity index (χ2v) is 4.14. The second-order valence-electron chi connectivity index (χ2n) is 4.14. The zero-order valence-corrected chi connectivity index (χ0v) is 9.44. The number of nitriles is 1. The lowest BCUT2D eigenvalue weighted by atomic mass is 9.80. The molecular formula is C13H16N2O. The molecule has 1 saturated carbocycles. The first-order valence-corrected chi connectivity index (χ1v) is 5.64. The molecule has 0 aromatic heterocycles. The highest BCUT2D eigenvalue weighted by Crippen LogP contribution is 2.32. The largest absolute Gasteiger partial charge is 0.495 e. The van der Waals surface area contributed by atoms with Crippen LogP contribution in [-0.4, -0.2) is 13.2 Å². The van der Waals surface area contributed by atoms with Gasteiger partial charge in [0, 0.05) is 0 Å². The molecule has 2 rings (SSSR count). The molecular weight excluding hydrogens is 200 g/mol. The number of ether oxygens (including phenoxy) is 1. The Hall–Kier alpha value is -1.69. The first-order chi connectivity index (χ1) is 7.85. The number of rotatable bonds is 4. The summed E-state index contributed by atoms with van der Waals surface area (Å²) < 4.78 is 5.25. The molecule has 0 heterocycles. The molecule has 1 N–H and O–H groups in total. The van der Waals surface area contributed by atoms with E-state index in [9.17, 15) is 0 Å². The van der Waals surface area contributed by atoms with Crippen LogP contribution in [-0.2, 0) is 0 Å². The highest BCUT2D eigenvalue weighted by molar-refractivity contribution is 5.57. The fourth-order valence-electron chi connectivity index (χ4n) is 1.96. The van der Waals surface area contributed by atoms with Gasteiger partial charge in [-0.05, 0) is 30.9 Å². The van der Waals surface area contributed by atoms with Gasteiger partial charge in [0.25, 0.3) is 0 Å². The Morgan fingerprint density at radius 1 is 1.44 bits per heavy atom. The van der Waals surface area contributed by atoms with E-state index in [0.29, 0.717) is 5.92 Å². The van der Waals surface area contributed by atoms with E-state index in [1.165, 1.54) is 6.42 Å². The molecule has 0 saturated heterocycles. The number of anilines is 1. The molecule has 1 aromatic carbocycles. The van der Waals surface area contributed by atoms with Crippen molar-refractivity contribution in [1.29, 1.82) is 5.26 Å². The van der Waals surface area contributed by atoms with Gasteiger partial charge in [0.05, 0.1) is 18.9 Å². The fourth-order valence-corrected chi connectivity index (χ4v) is 1.96. The predicted molar refractivity (Wildman–Crippen MR) is 63.4 cm³/mol. The van der Waals surface area contributed by atoms with Crippen LogP contribution in [0.15, 0.2) is 24.3 Å². The molecule has 1 atom stereocenters. The van der Waals surface area contributed by atoms with Crippen LogP contribution in [0.5, 0.6) is 5.75 Å². The fraction of sp³-hybridized carbons (Fsp3) is 0.462. The van der Waals surface area contributed by atoms with Gasteiger partial charge in [0.2, 0.25) is 0 Å². The topological polar surface area (TPSA) is 45.0 Å². The van der Waals surface area contributed by atoms with Gasteiger partial charge in [-0.15, -0.1) is 0 Å². The third-order valence-electron chi connectivity index (χ3n) is 3.18. The molecule has 0 amide bonds. The van der Waals surface area contributed by atoms with Crippen LogP contribution in [0.1, 0.15) is 19.3 Å². The number of nitrogens with one attached hydrogen (secondary N) is 1. The van der Waals surface area contributed by atoms with Crippen molar-refractivity contribution in [2.75, 3.05) is 12.4 Å². The van der Waals surface area contributed by atoms with Crippen molar-refractivity contribution >= 4 is 5.69 Å². The second kappa shape index (κ2) is 4.89. The van der Waals surface area contributed by atoms with E-state index >= 15 is 0 Å². The van der Waals surface area contributed by atoms with Gasteiger partial charge in [-0.3, -0.25) is 0 Å². The highest BCUT2D eigenvalue weighted by Gasteiger charge is 2.27. The number of benzene rings is 1. The summed E-state index contributed by atoms with van der Waals surface area (Å²) in [4.78, 5) is 0. The number of para-hydroxylation sites is 2. The Morgan fingerprint density at radius 2 is 2.19 bits per heavy atom. The Kier molecular flexibility index (Phi) is 3.31. The maximum Gasteiger partial charge on any atom is 0.141 e. The van der Waals surface area contributed by atoms with Crippen LogP contribution in [0.4, 0.5) is 5.69 Å². The summed E-state index contributed by atoms with van der Waals surface area (Å²) in [7, 11) is 1.64. The van der Waals surface area contributed by atoms with E-state index in [1.807, 2.05) is 24.3 Å². The molecule has 0 bridgehead atoms. The van der Waals surface area contributed by atoms with Crippen molar-refractivity contribution in [3.05, 3.63) is 24.3 Å². The summed E-state index contributed by atoms with van der Waals surface area (Å²) in [5.74, 6) is 1.29. The monoisotopic (exact) mass is 216 g/mol. The Balaban J connectivity index is 2.09. The number of hydrogen-bond donors (Lipinski definition) is 1. The zero-order valence-electron chi connectivity index (χ0n) is 9.44. The van der Waals surface area contributed by atoms with E-state index in [0.717, 1.165) is 24.3 Å². The van der Waals surface area contributed by atoms with E-state index in [4.69, 9.17) is 10.00 Å². The van der Waals surface area contributed by atoms with Crippen molar-refractivity contribution in [2.24, 2.45) is 5.92 Å². The van der Waals surface area contributed by atoms with E-state index in [2.05, 4.69) is 11.4 Å². The van der Waals surface area contributed by atoms with E-state index in [-0.39, 0.29) is 6.04 Å². The van der Waals surface area contributed by atoms with Crippen LogP contribution in [0.3, 0.4) is 0 Å². The average molecular weight is 216 g/mol. The SMILES string of the molecule is COc1ccccc1NC(C#N)C1CCC1.